The Hall–Kier alpha value is -0.720. The van der Waals surface area contributed by atoms with Gasteiger partial charge in [0.05, 0.1) is 17.2 Å². The van der Waals surface area contributed by atoms with Gasteiger partial charge in [0.2, 0.25) is 0 Å². The summed E-state index contributed by atoms with van der Waals surface area (Å²) < 4.78 is 6.32. The topological polar surface area (TPSA) is 39.2 Å². The number of nitrogens with zero attached hydrogens (tertiary/aromatic N) is 1. The molecule has 0 aromatic carbocycles. The molecule has 2 aromatic rings. The summed E-state index contributed by atoms with van der Waals surface area (Å²) in [6, 6.07) is 2.11. The Balaban J connectivity index is 1.95. The molecule has 3 nitrogen and oxygen atoms in total. The molecule has 0 fully saturated rings. The number of thiophene rings is 1. The van der Waals surface area contributed by atoms with Crippen molar-refractivity contribution in [2.24, 2.45) is 0 Å². The number of aromatic nitrogens is 1. The SMILES string of the molecule is CCOC(=O)C1CCCc2sc(-c3cc(Br)c(C)s3)nc21. The molecule has 21 heavy (non-hydrogen) atoms. The van der Waals surface area contributed by atoms with Crippen molar-refractivity contribution in [1.29, 1.82) is 0 Å². The molecule has 6 heteroatoms. The van der Waals surface area contributed by atoms with Crippen LogP contribution >= 0.6 is 38.6 Å². The van der Waals surface area contributed by atoms with Crippen LogP contribution in [0.5, 0.6) is 0 Å². The molecular formula is C15H16BrNO2S2. The minimum atomic E-state index is -0.178. The first-order valence-corrected chi connectivity index (χ1v) is 9.45. The van der Waals surface area contributed by atoms with E-state index in [0.717, 1.165) is 34.4 Å². The van der Waals surface area contributed by atoms with Crippen molar-refractivity contribution in [3.63, 3.8) is 0 Å². The lowest BCUT2D eigenvalue weighted by molar-refractivity contribution is -0.145. The molecule has 1 unspecified atom stereocenters. The van der Waals surface area contributed by atoms with Crippen LogP contribution < -0.4 is 0 Å². The highest BCUT2D eigenvalue weighted by molar-refractivity contribution is 9.10. The molecule has 1 atom stereocenters. The van der Waals surface area contributed by atoms with E-state index in [4.69, 9.17) is 9.72 Å². The summed E-state index contributed by atoms with van der Waals surface area (Å²) in [7, 11) is 0. The van der Waals surface area contributed by atoms with Crippen LogP contribution in [-0.2, 0) is 16.0 Å². The number of ether oxygens (including phenoxy) is 1. The predicted octanol–water partition coefficient (Wildman–Crippen LogP) is 4.93. The monoisotopic (exact) mass is 385 g/mol. The van der Waals surface area contributed by atoms with Crippen LogP contribution in [0, 0.1) is 6.92 Å². The third kappa shape index (κ3) is 2.94. The summed E-state index contributed by atoms with van der Waals surface area (Å²) in [4.78, 5) is 20.5. The highest BCUT2D eigenvalue weighted by atomic mass is 79.9. The molecule has 0 spiro atoms. The van der Waals surface area contributed by atoms with Crippen LogP contribution in [0.2, 0.25) is 0 Å². The first-order valence-electron chi connectivity index (χ1n) is 7.02. The summed E-state index contributed by atoms with van der Waals surface area (Å²) in [6.45, 7) is 4.37. The van der Waals surface area contributed by atoms with E-state index in [0.29, 0.717) is 6.61 Å². The summed E-state index contributed by atoms with van der Waals surface area (Å²) in [5, 5.41) is 1.02. The van der Waals surface area contributed by atoms with E-state index < -0.39 is 0 Å². The minimum Gasteiger partial charge on any atom is -0.465 e. The number of aryl methyl sites for hydroxylation is 2. The highest BCUT2D eigenvalue weighted by Crippen LogP contribution is 2.42. The number of hydrogen-bond donors (Lipinski definition) is 0. The molecule has 2 aromatic heterocycles. The molecule has 3 rings (SSSR count). The van der Waals surface area contributed by atoms with Gasteiger partial charge in [-0.25, -0.2) is 4.98 Å². The second kappa shape index (κ2) is 6.18. The second-order valence-electron chi connectivity index (χ2n) is 5.04. The Bertz CT molecular complexity index is 658. The van der Waals surface area contributed by atoms with Gasteiger partial charge in [0.15, 0.2) is 0 Å². The average molecular weight is 386 g/mol. The maximum Gasteiger partial charge on any atom is 0.315 e. The lowest BCUT2D eigenvalue weighted by atomic mass is 9.91. The summed E-state index contributed by atoms with van der Waals surface area (Å²) >= 11 is 7.01. The second-order valence-corrected chi connectivity index (χ2v) is 8.23. The van der Waals surface area contributed by atoms with E-state index >= 15 is 0 Å². The van der Waals surface area contributed by atoms with Gasteiger partial charge in [0.1, 0.15) is 10.9 Å². The molecule has 112 valence electrons. The average Bonchev–Trinajstić information content (AvgIpc) is 3.02. The van der Waals surface area contributed by atoms with Crippen molar-refractivity contribution in [1.82, 2.24) is 4.98 Å². The van der Waals surface area contributed by atoms with Crippen LogP contribution in [0.4, 0.5) is 0 Å². The van der Waals surface area contributed by atoms with E-state index in [1.165, 1.54) is 14.6 Å². The quantitative estimate of drug-likeness (QED) is 0.703. The Labute approximate surface area is 140 Å². The minimum absolute atomic E-state index is 0.126. The lowest BCUT2D eigenvalue weighted by Gasteiger charge is -2.19. The Kier molecular flexibility index (Phi) is 4.47. The van der Waals surface area contributed by atoms with Crippen molar-refractivity contribution in [3.05, 3.63) is 26.0 Å². The number of carbonyl (C=O) groups excluding carboxylic acids is 1. The van der Waals surface area contributed by atoms with Gasteiger partial charge in [-0.15, -0.1) is 22.7 Å². The maximum atomic E-state index is 12.1. The van der Waals surface area contributed by atoms with Crippen molar-refractivity contribution in [2.45, 2.75) is 39.0 Å². The zero-order valence-corrected chi connectivity index (χ0v) is 15.2. The number of hydrogen-bond acceptors (Lipinski definition) is 5. The van der Waals surface area contributed by atoms with E-state index in [1.54, 1.807) is 22.7 Å². The Morgan fingerprint density at radius 2 is 2.33 bits per heavy atom. The van der Waals surface area contributed by atoms with Crippen LogP contribution in [0.15, 0.2) is 10.5 Å². The predicted molar refractivity (Wildman–Crippen MR) is 90.2 cm³/mol. The third-order valence-corrected chi connectivity index (χ3v) is 7.03. The van der Waals surface area contributed by atoms with Crippen molar-refractivity contribution < 1.29 is 9.53 Å². The van der Waals surface area contributed by atoms with Gasteiger partial charge in [0, 0.05) is 14.2 Å². The molecule has 0 bridgehead atoms. The van der Waals surface area contributed by atoms with Crippen LogP contribution in [0.3, 0.4) is 0 Å². The van der Waals surface area contributed by atoms with Crippen molar-refractivity contribution >= 4 is 44.6 Å². The van der Waals surface area contributed by atoms with Gasteiger partial charge in [-0.2, -0.15) is 0 Å². The molecule has 0 aliphatic heterocycles. The fourth-order valence-corrected chi connectivity index (χ4v) is 5.31. The molecule has 0 amide bonds. The van der Waals surface area contributed by atoms with Gasteiger partial charge in [-0.1, -0.05) is 0 Å². The van der Waals surface area contributed by atoms with Gasteiger partial charge in [-0.3, -0.25) is 4.79 Å². The van der Waals surface area contributed by atoms with Gasteiger partial charge < -0.3 is 4.74 Å². The van der Waals surface area contributed by atoms with Gasteiger partial charge in [-0.05, 0) is 55.1 Å². The summed E-state index contributed by atoms with van der Waals surface area (Å²) in [6.07, 6.45) is 2.90. The molecule has 0 saturated heterocycles. The molecule has 2 heterocycles. The van der Waals surface area contributed by atoms with E-state index in [1.807, 2.05) is 6.92 Å². The Morgan fingerprint density at radius 3 is 3.00 bits per heavy atom. The molecule has 0 radical (unpaired) electrons. The van der Waals surface area contributed by atoms with Crippen LogP contribution in [0.25, 0.3) is 9.88 Å². The van der Waals surface area contributed by atoms with Gasteiger partial charge in [0.25, 0.3) is 0 Å². The number of halogens is 1. The first kappa shape index (κ1) is 15.2. The van der Waals surface area contributed by atoms with Crippen LogP contribution in [0.1, 0.15) is 41.1 Å². The molecular weight excluding hydrogens is 370 g/mol. The molecule has 1 aliphatic rings. The number of thiazole rings is 1. The number of esters is 1. The zero-order valence-electron chi connectivity index (χ0n) is 11.9. The molecule has 1 aliphatic carbocycles. The first-order chi connectivity index (χ1) is 10.1. The standard InChI is InChI=1S/C15H16BrNO2S2/c1-3-19-15(18)9-5-4-6-11-13(9)17-14(21-11)12-7-10(16)8(2)20-12/h7,9H,3-6H2,1-2H3. The maximum absolute atomic E-state index is 12.1. The largest absolute Gasteiger partial charge is 0.465 e. The third-order valence-electron chi connectivity index (χ3n) is 3.59. The highest BCUT2D eigenvalue weighted by Gasteiger charge is 2.31. The number of fused-ring (bicyclic) bond motifs is 1. The normalized spacial score (nSPS) is 17.6. The van der Waals surface area contributed by atoms with Crippen LogP contribution in [-0.4, -0.2) is 17.6 Å². The van der Waals surface area contributed by atoms with E-state index in [-0.39, 0.29) is 11.9 Å². The number of rotatable bonds is 3. The van der Waals surface area contributed by atoms with E-state index in [2.05, 4.69) is 28.9 Å². The fourth-order valence-electron chi connectivity index (χ4n) is 2.56. The van der Waals surface area contributed by atoms with E-state index in [9.17, 15) is 4.79 Å². The van der Waals surface area contributed by atoms with Gasteiger partial charge >= 0.3 is 5.97 Å². The molecule has 0 saturated carbocycles. The number of carbonyl (C=O) groups is 1. The van der Waals surface area contributed by atoms with Crippen molar-refractivity contribution in [2.75, 3.05) is 6.61 Å². The smallest absolute Gasteiger partial charge is 0.315 e. The summed E-state index contributed by atoms with van der Waals surface area (Å²) in [5.41, 5.74) is 0.946. The zero-order chi connectivity index (χ0) is 15.0. The Morgan fingerprint density at radius 1 is 1.52 bits per heavy atom. The molecule has 0 N–H and O–H groups in total. The fraction of sp³-hybridized carbons (Fsp3) is 0.467. The lowest BCUT2D eigenvalue weighted by Crippen LogP contribution is -2.20. The van der Waals surface area contributed by atoms with Crippen molar-refractivity contribution in [3.8, 4) is 9.88 Å². The summed E-state index contributed by atoms with van der Waals surface area (Å²) in [5.74, 6) is -0.304.